The molecule has 3 N–H and O–H groups in total. The number of benzene rings is 2. The van der Waals surface area contributed by atoms with Crippen LogP contribution in [0.1, 0.15) is 28.3 Å². The van der Waals surface area contributed by atoms with E-state index in [9.17, 15) is 0 Å². The molecule has 4 heteroatoms. The molecule has 0 amide bonds. The molecule has 1 unspecified atom stereocenters. The second-order valence-electron chi connectivity index (χ2n) is 4.59. The molecular formula is C15H16BrClN2. The van der Waals surface area contributed by atoms with Crippen molar-refractivity contribution in [3.63, 3.8) is 0 Å². The van der Waals surface area contributed by atoms with Gasteiger partial charge >= 0.3 is 0 Å². The van der Waals surface area contributed by atoms with Crippen molar-refractivity contribution in [1.29, 1.82) is 0 Å². The maximum absolute atomic E-state index is 6.19. The molecule has 0 radical (unpaired) electrons. The zero-order valence-electron chi connectivity index (χ0n) is 10.9. The van der Waals surface area contributed by atoms with E-state index < -0.39 is 0 Å². The first kappa shape index (κ1) is 14.5. The Morgan fingerprint density at radius 1 is 1.16 bits per heavy atom. The Morgan fingerprint density at radius 2 is 1.89 bits per heavy atom. The van der Waals surface area contributed by atoms with Gasteiger partial charge < -0.3 is 0 Å². The highest BCUT2D eigenvalue weighted by atomic mass is 79.9. The van der Waals surface area contributed by atoms with E-state index in [0.717, 1.165) is 26.2 Å². The maximum atomic E-state index is 6.19. The van der Waals surface area contributed by atoms with Crippen LogP contribution in [0, 0.1) is 13.8 Å². The highest BCUT2D eigenvalue weighted by molar-refractivity contribution is 9.10. The Balaban J connectivity index is 2.50. The quantitative estimate of drug-likeness (QED) is 0.647. The summed E-state index contributed by atoms with van der Waals surface area (Å²) in [7, 11) is 0. The second kappa shape index (κ2) is 6.06. The molecule has 1 atom stereocenters. The van der Waals surface area contributed by atoms with E-state index >= 15 is 0 Å². The molecule has 0 aliphatic rings. The average Bonchev–Trinajstić information content (AvgIpc) is 2.39. The van der Waals surface area contributed by atoms with Crippen LogP contribution in [-0.4, -0.2) is 0 Å². The minimum Gasteiger partial charge on any atom is -0.271 e. The van der Waals surface area contributed by atoms with E-state index in [1.54, 1.807) is 0 Å². The SMILES string of the molecule is Cc1ccc(C(NN)c2cccc(C)c2Br)cc1Cl. The van der Waals surface area contributed by atoms with Crippen molar-refractivity contribution in [2.45, 2.75) is 19.9 Å². The van der Waals surface area contributed by atoms with Crippen LogP contribution in [0.4, 0.5) is 0 Å². The minimum atomic E-state index is -0.0904. The van der Waals surface area contributed by atoms with Crippen molar-refractivity contribution in [2.75, 3.05) is 0 Å². The third-order valence-electron chi connectivity index (χ3n) is 3.23. The summed E-state index contributed by atoms with van der Waals surface area (Å²) >= 11 is 9.82. The van der Waals surface area contributed by atoms with Crippen molar-refractivity contribution in [3.8, 4) is 0 Å². The van der Waals surface area contributed by atoms with Gasteiger partial charge in [0.15, 0.2) is 0 Å². The van der Waals surface area contributed by atoms with Crippen LogP contribution in [-0.2, 0) is 0 Å². The third kappa shape index (κ3) is 3.00. The topological polar surface area (TPSA) is 38.0 Å². The normalized spacial score (nSPS) is 12.5. The summed E-state index contributed by atoms with van der Waals surface area (Å²) in [5, 5.41) is 0.751. The summed E-state index contributed by atoms with van der Waals surface area (Å²) in [6.07, 6.45) is 0. The zero-order chi connectivity index (χ0) is 14.0. The van der Waals surface area contributed by atoms with Crippen molar-refractivity contribution >= 4 is 27.5 Å². The Labute approximate surface area is 127 Å². The molecule has 19 heavy (non-hydrogen) atoms. The minimum absolute atomic E-state index is 0.0904. The predicted molar refractivity (Wildman–Crippen MR) is 84.2 cm³/mol. The van der Waals surface area contributed by atoms with Crippen LogP contribution in [0.5, 0.6) is 0 Å². The van der Waals surface area contributed by atoms with Gasteiger partial charge in [-0.05, 0) is 42.2 Å². The van der Waals surface area contributed by atoms with Gasteiger partial charge in [-0.1, -0.05) is 57.9 Å². The molecule has 0 spiro atoms. The number of hydrogen-bond donors (Lipinski definition) is 2. The van der Waals surface area contributed by atoms with Gasteiger partial charge in [0.25, 0.3) is 0 Å². The summed E-state index contributed by atoms with van der Waals surface area (Å²) in [6.45, 7) is 4.04. The molecule has 100 valence electrons. The Hall–Kier alpha value is -0.870. The first-order valence-corrected chi connectivity index (χ1v) is 7.19. The Bertz CT molecular complexity index is 599. The molecule has 2 aromatic carbocycles. The number of nitrogens with one attached hydrogen (secondary N) is 1. The molecule has 0 bridgehead atoms. The second-order valence-corrected chi connectivity index (χ2v) is 5.79. The van der Waals surface area contributed by atoms with E-state index in [2.05, 4.69) is 40.4 Å². The van der Waals surface area contributed by atoms with Crippen molar-refractivity contribution in [1.82, 2.24) is 5.43 Å². The van der Waals surface area contributed by atoms with Crippen LogP contribution >= 0.6 is 27.5 Å². The van der Waals surface area contributed by atoms with Crippen LogP contribution < -0.4 is 11.3 Å². The molecule has 2 nitrogen and oxygen atoms in total. The van der Waals surface area contributed by atoms with Gasteiger partial charge in [0.2, 0.25) is 0 Å². The number of hydrogen-bond acceptors (Lipinski definition) is 2. The van der Waals surface area contributed by atoms with E-state index in [4.69, 9.17) is 17.4 Å². The van der Waals surface area contributed by atoms with Gasteiger partial charge in [0.1, 0.15) is 0 Å². The molecule has 2 aromatic rings. The average molecular weight is 340 g/mol. The zero-order valence-corrected chi connectivity index (χ0v) is 13.2. The third-order valence-corrected chi connectivity index (χ3v) is 4.72. The fraction of sp³-hybridized carbons (Fsp3) is 0.200. The van der Waals surface area contributed by atoms with E-state index in [1.807, 2.05) is 31.2 Å². The van der Waals surface area contributed by atoms with Crippen molar-refractivity contribution in [2.24, 2.45) is 5.84 Å². The van der Waals surface area contributed by atoms with Crippen LogP contribution in [0.2, 0.25) is 5.02 Å². The monoisotopic (exact) mass is 338 g/mol. The Kier molecular flexibility index (Phi) is 4.63. The molecule has 0 aliphatic carbocycles. The van der Waals surface area contributed by atoms with E-state index in [-0.39, 0.29) is 6.04 Å². The first-order chi connectivity index (χ1) is 9.04. The summed E-state index contributed by atoms with van der Waals surface area (Å²) in [6, 6.07) is 12.0. The first-order valence-electron chi connectivity index (χ1n) is 6.01. The standard InChI is InChI=1S/C15H16BrClN2/c1-9-6-7-11(8-13(9)17)15(19-18)12-5-3-4-10(2)14(12)16/h3-8,15,19H,18H2,1-2H3. The fourth-order valence-electron chi connectivity index (χ4n) is 2.05. The van der Waals surface area contributed by atoms with Gasteiger partial charge in [-0.15, -0.1) is 0 Å². The number of nitrogens with two attached hydrogens (primary N) is 1. The lowest BCUT2D eigenvalue weighted by Gasteiger charge is -2.20. The van der Waals surface area contributed by atoms with E-state index in [1.165, 1.54) is 5.56 Å². The smallest absolute Gasteiger partial charge is 0.0721 e. The summed E-state index contributed by atoms with van der Waals surface area (Å²) in [5.41, 5.74) is 7.24. The van der Waals surface area contributed by atoms with Gasteiger partial charge in [-0.25, -0.2) is 5.43 Å². The lowest BCUT2D eigenvalue weighted by atomic mass is 9.97. The van der Waals surface area contributed by atoms with Crippen LogP contribution in [0.25, 0.3) is 0 Å². The molecule has 0 fully saturated rings. The molecule has 0 aliphatic heterocycles. The summed E-state index contributed by atoms with van der Waals surface area (Å²) in [5.74, 6) is 5.73. The van der Waals surface area contributed by atoms with Gasteiger partial charge in [-0.3, -0.25) is 5.84 Å². The largest absolute Gasteiger partial charge is 0.271 e. The van der Waals surface area contributed by atoms with Crippen LogP contribution in [0.3, 0.4) is 0 Å². The van der Waals surface area contributed by atoms with Crippen molar-refractivity contribution in [3.05, 3.63) is 68.1 Å². The highest BCUT2D eigenvalue weighted by Crippen LogP contribution is 2.31. The number of aryl methyl sites for hydroxylation is 2. The lowest BCUT2D eigenvalue weighted by Crippen LogP contribution is -2.29. The lowest BCUT2D eigenvalue weighted by molar-refractivity contribution is 0.634. The molecule has 0 saturated carbocycles. The van der Waals surface area contributed by atoms with Gasteiger partial charge in [0, 0.05) is 9.50 Å². The maximum Gasteiger partial charge on any atom is 0.0721 e. The number of halogens is 2. The molecule has 0 heterocycles. The highest BCUT2D eigenvalue weighted by Gasteiger charge is 2.16. The van der Waals surface area contributed by atoms with Gasteiger partial charge in [-0.2, -0.15) is 0 Å². The number of hydrazine groups is 1. The predicted octanol–water partition coefficient (Wildman–Crippen LogP) is 4.27. The van der Waals surface area contributed by atoms with Crippen LogP contribution in [0.15, 0.2) is 40.9 Å². The Morgan fingerprint density at radius 3 is 2.53 bits per heavy atom. The fourth-order valence-corrected chi connectivity index (χ4v) is 2.73. The van der Waals surface area contributed by atoms with Gasteiger partial charge in [0.05, 0.1) is 6.04 Å². The molecule has 0 aromatic heterocycles. The molecule has 2 rings (SSSR count). The summed E-state index contributed by atoms with van der Waals surface area (Å²) in [4.78, 5) is 0. The molecular weight excluding hydrogens is 324 g/mol. The number of rotatable bonds is 3. The van der Waals surface area contributed by atoms with E-state index in [0.29, 0.717) is 0 Å². The summed E-state index contributed by atoms with van der Waals surface area (Å²) < 4.78 is 1.06. The molecule has 0 saturated heterocycles. The van der Waals surface area contributed by atoms with Crippen molar-refractivity contribution < 1.29 is 0 Å².